The zero-order chi connectivity index (χ0) is 14.0. The molecule has 0 aliphatic rings. The molecule has 0 aliphatic heterocycles. The van der Waals surface area contributed by atoms with Crippen molar-refractivity contribution in [1.29, 1.82) is 0 Å². The predicted molar refractivity (Wildman–Crippen MR) is 83.3 cm³/mol. The standard InChI is InChI=1S/C15H11ClFIO/c1-9-3-2-4-11(15(9)18)14(19)8-10-5-6-12(16)13(17)7-10/h2-7H,8H2,1H3. The van der Waals surface area contributed by atoms with Gasteiger partial charge in [-0.05, 0) is 52.8 Å². The molecule has 4 heteroatoms. The Morgan fingerprint density at radius 2 is 2.05 bits per heavy atom. The number of ketones is 1. The van der Waals surface area contributed by atoms with Crippen LogP contribution in [0.2, 0.25) is 5.02 Å². The molecule has 0 aliphatic carbocycles. The predicted octanol–water partition coefficient (Wildman–Crippen LogP) is 4.82. The number of hydrogen-bond acceptors (Lipinski definition) is 1. The van der Waals surface area contributed by atoms with Crippen molar-refractivity contribution < 1.29 is 9.18 Å². The van der Waals surface area contributed by atoms with Crippen molar-refractivity contribution in [3.05, 3.63) is 67.5 Å². The molecular formula is C15H11ClFIO. The van der Waals surface area contributed by atoms with E-state index >= 15 is 0 Å². The molecule has 0 saturated carbocycles. The van der Waals surface area contributed by atoms with Gasteiger partial charge in [-0.3, -0.25) is 4.79 Å². The Kier molecular flexibility index (Phi) is 4.58. The molecule has 0 N–H and O–H groups in total. The molecule has 0 radical (unpaired) electrons. The topological polar surface area (TPSA) is 17.1 Å². The van der Waals surface area contributed by atoms with E-state index < -0.39 is 5.82 Å². The third kappa shape index (κ3) is 3.34. The fourth-order valence-corrected chi connectivity index (χ4v) is 2.57. The van der Waals surface area contributed by atoms with E-state index in [0.29, 0.717) is 11.1 Å². The maximum Gasteiger partial charge on any atom is 0.168 e. The average Bonchev–Trinajstić information content (AvgIpc) is 2.37. The Morgan fingerprint density at radius 1 is 1.32 bits per heavy atom. The number of carbonyl (C=O) groups is 1. The minimum absolute atomic E-state index is 0.0187. The summed E-state index contributed by atoms with van der Waals surface area (Å²) in [5.41, 5.74) is 2.37. The van der Waals surface area contributed by atoms with Crippen LogP contribution in [0.3, 0.4) is 0 Å². The number of benzene rings is 2. The van der Waals surface area contributed by atoms with Gasteiger partial charge in [0.2, 0.25) is 0 Å². The fraction of sp³-hybridized carbons (Fsp3) is 0.133. The number of carbonyl (C=O) groups excluding carboxylic acids is 1. The fourth-order valence-electron chi connectivity index (χ4n) is 1.79. The van der Waals surface area contributed by atoms with Crippen LogP contribution in [0, 0.1) is 16.3 Å². The molecule has 0 saturated heterocycles. The summed E-state index contributed by atoms with van der Waals surface area (Å²) < 4.78 is 14.3. The molecule has 2 rings (SSSR count). The third-order valence-electron chi connectivity index (χ3n) is 2.84. The van der Waals surface area contributed by atoms with Crippen LogP contribution < -0.4 is 0 Å². The number of aryl methyl sites for hydroxylation is 1. The lowest BCUT2D eigenvalue weighted by Crippen LogP contribution is -2.06. The van der Waals surface area contributed by atoms with E-state index in [4.69, 9.17) is 11.6 Å². The van der Waals surface area contributed by atoms with Gasteiger partial charge in [0.05, 0.1) is 5.02 Å². The van der Waals surface area contributed by atoms with Crippen LogP contribution in [0.25, 0.3) is 0 Å². The molecule has 0 amide bonds. The highest BCUT2D eigenvalue weighted by atomic mass is 127. The first-order chi connectivity index (χ1) is 8.99. The second-order valence-electron chi connectivity index (χ2n) is 4.28. The number of halogens is 3. The highest BCUT2D eigenvalue weighted by Gasteiger charge is 2.12. The summed E-state index contributed by atoms with van der Waals surface area (Å²) in [4.78, 5) is 12.2. The molecule has 0 aromatic heterocycles. The van der Waals surface area contributed by atoms with Crippen LogP contribution in [-0.4, -0.2) is 5.78 Å². The summed E-state index contributed by atoms with van der Waals surface area (Å²) in [5, 5.41) is 0.0707. The van der Waals surface area contributed by atoms with Crippen molar-refractivity contribution in [2.24, 2.45) is 0 Å². The molecule has 0 atom stereocenters. The van der Waals surface area contributed by atoms with Crippen LogP contribution in [0.5, 0.6) is 0 Å². The van der Waals surface area contributed by atoms with Gasteiger partial charge in [-0.2, -0.15) is 0 Å². The summed E-state index contributed by atoms with van der Waals surface area (Å²) in [6.45, 7) is 1.96. The molecule has 0 spiro atoms. The van der Waals surface area contributed by atoms with Crippen molar-refractivity contribution in [1.82, 2.24) is 0 Å². The van der Waals surface area contributed by atoms with Gasteiger partial charge in [0.1, 0.15) is 5.82 Å². The third-order valence-corrected chi connectivity index (χ3v) is 4.58. The van der Waals surface area contributed by atoms with Crippen LogP contribution in [0.4, 0.5) is 4.39 Å². The van der Waals surface area contributed by atoms with Crippen molar-refractivity contribution in [3.8, 4) is 0 Å². The van der Waals surface area contributed by atoms with E-state index in [0.717, 1.165) is 9.13 Å². The summed E-state index contributed by atoms with van der Waals surface area (Å²) >= 11 is 7.78. The van der Waals surface area contributed by atoms with Crippen LogP contribution in [0.15, 0.2) is 36.4 Å². The molecule has 0 fully saturated rings. The van der Waals surface area contributed by atoms with E-state index in [2.05, 4.69) is 22.6 Å². The van der Waals surface area contributed by atoms with Crippen LogP contribution >= 0.6 is 34.2 Å². The van der Waals surface area contributed by atoms with Gasteiger partial charge in [-0.1, -0.05) is 35.9 Å². The van der Waals surface area contributed by atoms with Gasteiger partial charge in [0.25, 0.3) is 0 Å². The molecular weight excluding hydrogens is 378 g/mol. The summed E-state index contributed by atoms with van der Waals surface area (Å²) in [5.74, 6) is -0.513. The Bertz CT molecular complexity index is 640. The van der Waals surface area contributed by atoms with Crippen LogP contribution in [-0.2, 0) is 6.42 Å². The van der Waals surface area contributed by atoms with Gasteiger partial charge in [0, 0.05) is 15.6 Å². The highest BCUT2D eigenvalue weighted by Crippen LogP contribution is 2.20. The van der Waals surface area contributed by atoms with E-state index in [1.165, 1.54) is 12.1 Å². The lowest BCUT2D eigenvalue weighted by atomic mass is 10.0. The largest absolute Gasteiger partial charge is 0.294 e. The molecule has 0 heterocycles. The van der Waals surface area contributed by atoms with Crippen molar-refractivity contribution in [2.45, 2.75) is 13.3 Å². The Hall–Kier alpha value is -0.940. The average molecular weight is 389 g/mol. The molecule has 1 nitrogen and oxygen atoms in total. The zero-order valence-electron chi connectivity index (χ0n) is 10.2. The first-order valence-corrected chi connectivity index (χ1v) is 7.17. The monoisotopic (exact) mass is 388 g/mol. The lowest BCUT2D eigenvalue weighted by Gasteiger charge is -2.07. The van der Waals surface area contributed by atoms with Gasteiger partial charge < -0.3 is 0 Å². The quantitative estimate of drug-likeness (QED) is 0.544. The van der Waals surface area contributed by atoms with Gasteiger partial charge in [-0.25, -0.2) is 4.39 Å². The molecule has 2 aromatic carbocycles. The van der Waals surface area contributed by atoms with Crippen molar-refractivity contribution in [3.63, 3.8) is 0 Å². The first kappa shape index (κ1) is 14.5. The smallest absolute Gasteiger partial charge is 0.168 e. The van der Waals surface area contributed by atoms with Crippen molar-refractivity contribution >= 4 is 40.0 Å². The zero-order valence-corrected chi connectivity index (χ0v) is 13.1. The normalized spacial score (nSPS) is 10.5. The lowest BCUT2D eigenvalue weighted by molar-refractivity contribution is 0.0992. The maximum absolute atomic E-state index is 13.3. The molecule has 98 valence electrons. The van der Waals surface area contributed by atoms with Gasteiger partial charge in [-0.15, -0.1) is 0 Å². The molecule has 0 bridgehead atoms. The molecule has 2 aromatic rings. The number of rotatable bonds is 3. The maximum atomic E-state index is 13.3. The minimum Gasteiger partial charge on any atom is -0.294 e. The summed E-state index contributed by atoms with van der Waals surface area (Å²) in [7, 11) is 0. The van der Waals surface area contributed by atoms with Crippen LogP contribution in [0.1, 0.15) is 21.5 Å². The van der Waals surface area contributed by atoms with Gasteiger partial charge in [0.15, 0.2) is 5.78 Å². The first-order valence-electron chi connectivity index (χ1n) is 5.71. The Morgan fingerprint density at radius 3 is 2.74 bits per heavy atom. The summed E-state index contributed by atoms with van der Waals surface area (Å²) in [6, 6.07) is 10.1. The second-order valence-corrected chi connectivity index (χ2v) is 5.77. The Balaban J connectivity index is 2.26. The van der Waals surface area contributed by atoms with E-state index in [1.54, 1.807) is 12.1 Å². The summed E-state index contributed by atoms with van der Waals surface area (Å²) in [6.07, 6.45) is 0.174. The van der Waals surface area contributed by atoms with Gasteiger partial charge >= 0.3 is 0 Å². The minimum atomic E-state index is -0.495. The molecule has 0 unspecified atom stereocenters. The Labute approximate surface area is 129 Å². The second kappa shape index (κ2) is 6.01. The highest BCUT2D eigenvalue weighted by molar-refractivity contribution is 14.1. The molecule has 19 heavy (non-hydrogen) atoms. The van der Waals surface area contributed by atoms with E-state index in [9.17, 15) is 9.18 Å². The number of Topliss-reactive ketones (excluding diaryl/α,β-unsaturated/α-hetero) is 1. The number of hydrogen-bond donors (Lipinski definition) is 0. The van der Waals surface area contributed by atoms with Crippen molar-refractivity contribution in [2.75, 3.05) is 0 Å². The van der Waals surface area contributed by atoms with E-state index in [1.807, 2.05) is 19.1 Å². The SMILES string of the molecule is Cc1cccc(C(=O)Cc2ccc(Cl)c(F)c2)c1I. The van der Waals surface area contributed by atoms with E-state index in [-0.39, 0.29) is 17.2 Å².